The highest BCUT2D eigenvalue weighted by Crippen LogP contribution is 2.28. The Hall–Kier alpha value is -2.17. The number of nitrogens with one attached hydrogen (secondary N) is 1. The van der Waals surface area contributed by atoms with Gasteiger partial charge in [0.05, 0.1) is 18.7 Å². The van der Waals surface area contributed by atoms with E-state index in [0.29, 0.717) is 17.1 Å². The summed E-state index contributed by atoms with van der Waals surface area (Å²) in [6.07, 6.45) is 0.0666. The lowest BCUT2D eigenvalue weighted by atomic mass is 10.2. The quantitative estimate of drug-likeness (QED) is 0.645. The number of aromatic amines is 1. The number of anilines is 1. The van der Waals surface area contributed by atoms with Gasteiger partial charge in [0, 0.05) is 23.2 Å². The van der Waals surface area contributed by atoms with Gasteiger partial charge in [0.15, 0.2) is 0 Å². The molecule has 3 N–H and O–H groups in total. The minimum absolute atomic E-state index is 0.0666. The highest BCUT2D eigenvalue weighted by atomic mass is 16.5. The molecule has 1 heterocycles. The minimum atomic E-state index is -0.420. The molecule has 0 aliphatic rings. The fourth-order valence-corrected chi connectivity index (χ4v) is 1.80. The van der Waals surface area contributed by atoms with Gasteiger partial charge in [-0.2, -0.15) is 0 Å². The van der Waals surface area contributed by atoms with Crippen molar-refractivity contribution in [2.75, 3.05) is 12.8 Å². The number of methoxy groups -OCH3 is 1. The maximum Gasteiger partial charge on any atom is 0.354 e. The molecule has 0 unspecified atom stereocenters. The monoisotopic (exact) mass is 248 g/mol. The van der Waals surface area contributed by atoms with Crippen LogP contribution in [-0.4, -0.2) is 24.2 Å². The molecule has 0 radical (unpaired) electrons. The maximum absolute atomic E-state index is 11.4. The van der Waals surface area contributed by atoms with Crippen molar-refractivity contribution in [3.05, 3.63) is 23.9 Å². The van der Waals surface area contributed by atoms with Crippen LogP contribution in [0.25, 0.3) is 10.9 Å². The van der Waals surface area contributed by atoms with Gasteiger partial charge in [-0.1, -0.05) is 0 Å². The molecule has 0 saturated carbocycles. The second kappa shape index (κ2) is 4.60. The van der Waals surface area contributed by atoms with Crippen LogP contribution in [0.5, 0.6) is 5.75 Å². The van der Waals surface area contributed by atoms with Gasteiger partial charge in [-0.3, -0.25) is 0 Å². The third-order valence-corrected chi connectivity index (χ3v) is 2.52. The van der Waals surface area contributed by atoms with Crippen LogP contribution in [-0.2, 0) is 4.74 Å². The zero-order valence-corrected chi connectivity index (χ0v) is 10.6. The van der Waals surface area contributed by atoms with Gasteiger partial charge in [-0.15, -0.1) is 0 Å². The second-order valence-corrected chi connectivity index (χ2v) is 4.31. The van der Waals surface area contributed by atoms with Crippen LogP contribution in [0.1, 0.15) is 24.3 Å². The van der Waals surface area contributed by atoms with E-state index in [0.717, 1.165) is 10.9 Å². The molecule has 0 atom stereocenters. The number of esters is 1. The van der Waals surface area contributed by atoms with Crippen molar-refractivity contribution in [2.45, 2.75) is 20.0 Å². The van der Waals surface area contributed by atoms with Crippen LogP contribution < -0.4 is 10.5 Å². The van der Waals surface area contributed by atoms with E-state index >= 15 is 0 Å². The molecule has 5 nitrogen and oxygen atoms in total. The van der Waals surface area contributed by atoms with Crippen LogP contribution in [0.3, 0.4) is 0 Å². The van der Waals surface area contributed by atoms with E-state index in [-0.39, 0.29) is 6.10 Å². The predicted octanol–water partition coefficient (Wildman–Crippen LogP) is 2.32. The molecule has 0 spiro atoms. The van der Waals surface area contributed by atoms with E-state index in [1.807, 2.05) is 19.9 Å². The molecular formula is C13H16N2O3. The van der Waals surface area contributed by atoms with Gasteiger partial charge in [0.1, 0.15) is 11.4 Å². The van der Waals surface area contributed by atoms with Crippen LogP contribution >= 0.6 is 0 Å². The molecule has 1 aromatic heterocycles. The number of nitrogens with two attached hydrogens (primary N) is 1. The van der Waals surface area contributed by atoms with Gasteiger partial charge in [-0.25, -0.2) is 4.79 Å². The Balaban J connectivity index is 2.48. The summed E-state index contributed by atoms with van der Waals surface area (Å²) in [4.78, 5) is 14.4. The normalized spacial score (nSPS) is 10.9. The first-order chi connectivity index (χ1) is 8.51. The third-order valence-electron chi connectivity index (χ3n) is 2.52. The van der Waals surface area contributed by atoms with Crippen LogP contribution in [0, 0.1) is 0 Å². The summed E-state index contributed by atoms with van der Waals surface area (Å²) >= 11 is 0. The van der Waals surface area contributed by atoms with Crippen LogP contribution in [0.15, 0.2) is 18.2 Å². The molecule has 0 aliphatic carbocycles. The zero-order chi connectivity index (χ0) is 13.3. The Bertz CT molecular complexity index is 587. The van der Waals surface area contributed by atoms with Crippen LogP contribution in [0.2, 0.25) is 0 Å². The van der Waals surface area contributed by atoms with Crippen molar-refractivity contribution >= 4 is 22.6 Å². The summed E-state index contributed by atoms with van der Waals surface area (Å²) in [5.74, 6) is 0.255. The maximum atomic E-state index is 11.4. The molecular weight excluding hydrogens is 232 g/mol. The number of fused-ring (bicyclic) bond motifs is 1. The van der Waals surface area contributed by atoms with Gasteiger partial charge in [0.2, 0.25) is 0 Å². The average molecular weight is 248 g/mol. The lowest BCUT2D eigenvalue weighted by molar-refractivity contribution is 0.0595. The topological polar surface area (TPSA) is 77.3 Å². The van der Waals surface area contributed by atoms with Crippen molar-refractivity contribution in [1.82, 2.24) is 4.98 Å². The molecule has 0 saturated heterocycles. The Labute approximate surface area is 105 Å². The molecule has 96 valence electrons. The summed E-state index contributed by atoms with van der Waals surface area (Å²) in [7, 11) is 1.34. The first-order valence-corrected chi connectivity index (χ1v) is 5.68. The van der Waals surface area contributed by atoms with Crippen molar-refractivity contribution in [3.8, 4) is 5.75 Å². The van der Waals surface area contributed by atoms with Gasteiger partial charge < -0.3 is 20.2 Å². The number of carbonyl (C=O) groups is 1. The lowest BCUT2D eigenvalue weighted by Gasteiger charge is -2.10. The van der Waals surface area contributed by atoms with Crippen molar-refractivity contribution < 1.29 is 14.3 Å². The molecule has 0 amide bonds. The van der Waals surface area contributed by atoms with Crippen molar-refractivity contribution in [3.63, 3.8) is 0 Å². The van der Waals surface area contributed by atoms with E-state index in [9.17, 15) is 4.79 Å². The summed E-state index contributed by atoms with van der Waals surface area (Å²) < 4.78 is 10.2. The molecule has 2 aromatic rings. The van der Waals surface area contributed by atoms with E-state index in [1.54, 1.807) is 12.1 Å². The average Bonchev–Trinajstić information content (AvgIpc) is 2.71. The largest absolute Gasteiger partial charge is 0.491 e. The predicted molar refractivity (Wildman–Crippen MR) is 69.8 cm³/mol. The zero-order valence-electron chi connectivity index (χ0n) is 10.6. The number of carbonyl (C=O) groups excluding carboxylic acids is 1. The lowest BCUT2D eigenvalue weighted by Crippen LogP contribution is -2.05. The molecule has 0 bridgehead atoms. The van der Waals surface area contributed by atoms with Crippen LogP contribution in [0.4, 0.5) is 5.69 Å². The summed E-state index contributed by atoms with van der Waals surface area (Å²) in [5, 5.41) is 0.784. The number of hydrogen-bond acceptors (Lipinski definition) is 4. The van der Waals surface area contributed by atoms with E-state index < -0.39 is 5.97 Å². The minimum Gasteiger partial charge on any atom is -0.491 e. The van der Waals surface area contributed by atoms with Gasteiger partial charge >= 0.3 is 5.97 Å². The first kappa shape index (κ1) is 12.3. The van der Waals surface area contributed by atoms with E-state index in [1.165, 1.54) is 7.11 Å². The molecule has 2 rings (SSSR count). The smallest absolute Gasteiger partial charge is 0.354 e. The van der Waals surface area contributed by atoms with E-state index in [4.69, 9.17) is 10.5 Å². The summed E-state index contributed by atoms with van der Waals surface area (Å²) in [6.45, 7) is 3.88. The second-order valence-electron chi connectivity index (χ2n) is 4.31. The molecule has 5 heteroatoms. The summed E-state index contributed by atoms with van der Waals surface area (Å²) in [6, 6.07) is 5.24. The first-order valence-electron chi connectivity index (χ1n) is 5.68. The van der Waals surface area contributed by atoms with Crippen molar-refractivity contribution in [2.24, 2.45) is 0 Å². The van der Waals surface area contributed by atoms with Gasteiger partial charge in [-0.05, 0) is 19.9 Å². The number of rotatable bonds is 3. The number of nitrogen functional groups attached to an aromatic ring is 1. The molecule has 0 fully saturated rings. The molecule has 0 aliphatic heterocycles. The SMILES string of the molecule is COC(=O)c1cc2c(N)cc(OC(C)C)cc2[nH]1. The summed E-state index contributed by atoms with van der Waals surface area (Å²) in [5.41, 5.74) is 7.63. The number of ether oxygens (including phenoxy) is 2. The fraction of sp³-hybridized carbons (Fsp3) is 0.308. The Morgan fingerprint density at radius 1 is 1.33 bits per heavy atom. The highest BCUT2D eigenvalue weighted by molar-refractivity contribution is 5.99. The number of aromatic nitrogens is 1. The Kier molecular flexibility index (Phi) is 3.14. The Morgan fingerprint density at radius 3 is 2.67 bits per heavy atom. The molecule has 1 aromatic carbocycles. The number of benzene rings is 1. The van der Waals surface area contributed by atoms with Gasteiger partial charge in [0.25, 0.3) is 0 Å². The third kappa shape index (κ3) is 2.25. The number of H-pyrrole nitrogens is 1. The Morgan fingerprint density at radius 2 is 2.06 bits per heavy atom. The standard InChI is InChI=1S/C13H16N2O3/c1-7(2)18-8-4-10(14)9-6-12(13(16)17-3)15-11(9)5-8/h4-7,15H,14H2,1-3H3. The molecule has 18 heavy (non-hydrogen) atoms. The highest BCUT2D eigenvalue weighted by Gasteiger charge is 2.12. The van der Waals surface area contributed by atoms with Crippen molar-refractivity contribution in [1.29, 1.82) is 0 Å². The number of hydrogen-bond donors (Lipinski definition) is 2. The van der Waals surface area contributed by atoms with E-state index in [2.05, 4.69) is 9.72 Å². The fourth-order valence-electron chi connectivity index (χ4n) is 1.80.